The number of hydrogen-bond acceptors (Lipinski definition) is 3. The van der Waals surface area contributed by atoms with Crippen LogP contribution in [0.5, 0.6) is 0 Å². The Balaban J connectivity index is 3.81. The molecule has 2 nitrogen and oxygen atoms in total. The van der Waals surface area contributed by atoms with Crippen LogP contribution in [0.15, 0.2) is 0 Å². The second-order valence-electron chi connectivity index (χ2n) is 3.87. The molecule has 0 aliphatic carbocycles. The Labute approximate surface area is 97.6 Å². The van der Waals surface area contributed by atoms with Crippen LogP contribution < -0.4 is 5.73 Å². The van der Waals surface area contributed by atoms with Crippen molar-refractivity contribution in [2.24, 2.45) is 11.7 Å². The van der Waals surface area contributed by atoms with E-state index >= 15 is 0 Å². The van der Waals surface area contributed by atoms with E-state index in [9.17, 15) is 0 Å². The molecule has 0 aromatic heterocycles. The Morgan fingerprint density at radius 1 is 1.50 bits per heavy atom. The molecule has 0 saturated heterocycles. The van der Waals surface area contributed by atoms with Gasteiger partial charge in [-0.05, 0) is 32.4 Å². The van der Waals surface area contributed by atoms with Gasteiger partial charge in [0, 0.05) is 18.5 Å². The summed E-state index contributed by atoms with van der Waals surface area (Å²) in [6, 6.07) is 0.610. The zero-order chi connectivity index (χ0) is 11.1. The fourth-order valence-electron chi connectivity index (χ4n) is 1.21. The number of nitrogens with two attached hydrogens (primary N) is 1. The Morgan fingerprint density at radius 2 is 2.07 bits per heavy atom. The summed E-state index contributed by atoms with van der Waals surface area (Å²) >= 11 is 6.85. The molecular formula is C10H22N2S2. The Kier molecular flexibility index (Phi) is 7.59. The van der Waals surface area contributed by atoms with Crippen molar-refractivity contribution in [2.45, 2.75) is 26.3 Å². The standard InChI is InChI=1S/C10H22N2S2/c1-8(10(11)13)7-12(3)9(2)5-6-14-4/h8-9H,5-7H2,1-4H3,(H2,11,13). The van der Waals surface area contributed by atoms with E-state index in [1.807, 2.05) is 11.8 Å². The van der Waals surface area contributed by atoms with Crippen LogP contribution in [0.25, 0.3) is 0 Å². The van der Waals surface area contributed by atoms with Crippen LogP contribution in [0.4, 0.5) is 0 Å². The van der Waals surface area contributed by atoms with Crippen LogP contribution in [-0.4, -0.2) is 41.5 Å². The van der Waals surface area contributed by atoms with E-state index in [2.05, 4.69) is 32.1 Å². The lowest BCUT2D eigenvalue weighted by Crippen LogP contribution is -2.37. The molecule has 0 heterocycles. The molecule has 4 heteroatoms. The van der Waals surface area contributed by atoms with Gasteiger partial charge in [0.2, 0.25) is 0 Å². The number of nitrogens with zero attached hydrogens (tertiary/aromatic N) is 1. The minimum absolute atomic E-state index is 0.312. The second kappa shape index (κ2) is 7.49. The number of hydrogen-bond donors (Lipinski definition) is 1. The van der Waals surface area contributed by atoms with Gasteiger partial charge in [-0.2, -0.15) is 11.8 Å². The molecule has 84 valence electrons. The average molecular weight is 234 g/mol. The van der Waals surface area contributed by atoms with Crippen LogP contribution in [0.2, 0.25) is 0 Å². The van der Waals surface area contributed by atoms with Crippen molar-refractivity contribution in [1.82, 2.24) is 4.90 Å². The molecule has 0 fully saturated rings. The van der Waals surface area contributed by atoms with Gasteiger partial charge in [0.05, 0.1) is 4.99 Å². The lowest BCUT2D eigenvalue weighted by molar-refractivity contribution is 0.240. The minimum Gasteiger partial charge on any atom is -0.393 e. The van der Waals surface area contributed by atoms with Gasteiger partial charge in [0.1, 0.15) is 0 Å². The van der Waals surface area contributed by atoms with Crippen LogP contribution in [0, 0.1) is 5.92 Å². The SMILES string of the molecule is CSCCC(C)N(C)CC(C)C(N)=S. The summed E-state index contributed by atoms with van der Waals surface area (Å²) < 4.78 is 0. The zero-order valence-corrected chi connectivity index (χ0v) is 11.3. The highest BCUT2D eigenvalue weighted by molar-refractivity contribution is 7.98. The van der Waals surface area contributed by atoms with Crippen LogP contribution >= 0.6 is 24.0 Å². The molecule has 0 aromatic rings. The van der Waals surface area contributed by atoms with E-state index in [1.165, 1.54) is 12.2 Å². The summed E-state index contributed by atoms with van der Waals surface area (Å²) in [4.78, 5) is 2.95. The first kappa shape index (κ1) is 14.2. The minimum atomic E-state index is 0.312. The van der Waals surface area contributed by atoms with E-state index in [-0.39, 0.29) is 0 Å². The van der Waals surface area contributed by atoms with Gasteiger partial charge in [-0.25, -0.2) is 0 Å². The third kappa shape index (κ3) is 5.83. The van der Waals surface area contributed by atoms with E-state index < -0.39 is 0 Å². The van der Waals surface area contributed by atoms with Gasteiger partial charge in [-0.1, -0.05) is 19.1 Å². The summed E-state index contributed by atoms with van der Waals surface area (Å²) in [5.41, 5.74) is 5.59. The van der Waals surface area contributed by atoms with E-state index in [0.717, 1.165) is 6.54 Å². The maximum atomic E-state index is 5.59. The van der Waals surface area contributed by atoms with Gasteiger partial charge in [-0.15, -0.1) is 0 Å². The highest BCUT2D eigenvalue weighted by Crippen LogP contribution is 2.08. The first-order valence-corrected chi connectivity index (χ1v) is 6.77. The van der Waals surface area contributed by atoms with Crippen molar-refractivity contribution >= 4 is 29.0 Å². The Bertz CT molecular complexity index is 174. The maximum Gasteiger partial charge on any atom is 0.0768 e. The molecule has 2 N–H and O–H groups in total. The number of rotatable bonds is 7. The monoisotopic (exact) mass is 234 g/mol. The molecule has 14 heavy (non-hydrogen) atoms. The lowest BCUT2D eigenvalue weighted by Gasteiger charge is -2.27. The van der Waals surface area contributed by atoms with Crippen molar-refractivity contribution < 1.29 is 0 Å². The van der Waals surface area contributed by atoms with Crippen LogP contribution in [0.1, 0.15) is 20.3 Å². The van der Waals surface area contributed by atoms with Crippen LogP contribution in [-0.2, 0) is 0 Å². The first-order chi connectivity index (χ1) is 6.49. The number of thiocarbonyl (C=S) groups is 1. The molecule has 0 rings (SSSR count). The third-order valence-electron chi connectivity index (χ3n) is 2.54. The molecule has 2 unspecified atom stereocenters. The topological polar surface area (TPSA) is 29.3 Å². The largest absolute Gasteiger partial charge is 0.393 e. The van der Waals surface area contributed by atoms with Crippen molar-refractivity contribution in [2.75, 3.05) is 25.6 Å². The zero-order valence-electron chi connectivity index (χ0n) is 9.62. The van der Waals surface area contributed by atoms with Gasteiger partial charge < -0.3 is 10.6 Å². The quantitative estimate of drug-likeness (QED) is 0.682. The molecule has 0 radical (unpaired) electrons. The molecule has 0 aromatic carbocycles. The van der Waals surface area contributed by atoms with Crippen molar-refractivity contribution in [3.63, 3.8) is 0 Å². The predicted octanol–water partition coefficient (Wildman–Crippen LogP) is 1.98. The molecule has 2 atom stereocenters. The van der Waals surface area contributed by atoms with Gasteiger partial charge in [0.15, 0.2) is 0 Å². The normalized spacial score (nSPS) is 15.5. The fourth-order valence-corrected chi connectivity index (χ4v) is 1.86. The number of thioether (sulfide) groups is 1. The molecular weight excluding hydrogens is 212 g/mol. The lowest BCUT2D eigenvalue weighted by atomic mass is 10.1. The van der Waals surface area contributed by atoms with E-state index in [4.69, 9.17) is 18.0 Å². The van der Waals surface area contributed by atoms with E-state index in [0.29, 0.717) is 16.9 Å². The average Bonchev–Trinajstić information content (AvgIpc) is 2.13. The third-order valence-corrected chi connectivity index (χ3v) is 3.59. The summed E-state index contributed by atoms with van der Waals surface area (Å²) in [6.07, 6.45) is 3.37. The molecule has 0 spiro atoms. The first-order valence-electron chi connectivity index (χ1n) is 4.97. The summed E-state index contributed by atoms with van der Waals surface area (Å²) in [6.45, 7) is 5.30. The Hall–Kier alpha value is 0.200. The summed E-state index contributed by atoms with van der Waals surface area (Å²) in [5.74, 6) is 1.53. The molecule has 0 bridgehead atoms. The molecule has 0 saturated carbocycles. The maximum absolute atomic E-state index is 5.59. The van der Waals surface area contributed by atoms with Gasteiger partial charge in [-0.3, -0.25) is 0 Å². The highest BCUT2D eigenvalue weighted by Gasteiger charge is 2.13. The van der Waals surface area contributed by atoms with Crippen molar-refractivity contribution in [1.29, 1.82) is 0 Å². The summed E-state index contributed by atoms with van der Waals surface area (Å²) in [5, 5.41) is 0. The van der Waals surface area contributed by atoms with Gasteiger partial charge in [0.25, 0.3) is 0 Å². The van der Waals surface area contributed by atoms with Crippen molar-refractivity contribution in [3.05, 3.63) is 0 Å². The fraction of sp³-hybridized carbons (Fsp3) is 0.900. The van der Waals surface area contributed by atoms with Crippen molar-refractivity contribution in [3.8, 4) is 0 Å². The predicted molar refractivity (Wildman–Crippen MR) is 71.0 cm³/mol. The molecule has 0 aliphatic heterocycles. The molecule has 0 amide bonds. The smallest absolute Gasteiger partial charge is 0.0768 e. The molecule has 0 aliphatic rings. The van der Waals surface area contributed by atoms with E-state index in [1.54, 1.807) is 0 Å². The van der Waals surface area contributed by atoms with Gasteiger partial charge >= 0.3 is 0 Å². The second-order valence-corrected chi connectivity index (χ2v) is 5.33. The highest BCUT2D eigenvalue weighted by atomic mass is 32.2. The van der Waals surface area contributed by atoms with Crippen LogP contribution in [0.3, 0.4) is 0 Å². The summed E-state index contributed by atoms with van der Waals surface area (Å²) in [7, 11) is 2.14. The Morgan fingerprint density at radius 3 is 2.50 bits per heavy atom.